The molecule has 0 spiro atoms. The zero-order chi connectivity index (χ0) is 52.6. The molecule has 71 heavy (non-hydrogen) atoms. The van der Waals surface area contributed by atoms with Gasteiger partial charge >= 0.3 is 0 Å². The lowest BCUT2D eigenvalue weighted by molar-refractivity contribution is -0.149. The molecule has 1 saturated heterocycles. The number of thiazole rings is 1. The van der Waals surface area contributed by atoms with Crippen LogP contribution in [0.5, 0.6) is 0 Å². The molecular weight excluding hydrogens is 925 g/mol. The third-order valence-corrected chi connectivity index (χ3v) is 15.3. The van der Waals surface area contributed by atoms with Gasteiger partial charge in [0, 0.05) is 84.8 Å². The number of aromatic nitrogens is 1. The normalized spacial score (nSPS) is 17.3. The first-order valence-corrected chi connectivity index (χ1v) is 26.9. The minimum absolute atomic E-state index is 0.00659. The maximum absolute atomic E-state index is 14.7. The van der Waals surface area contributed by atoms with Crippen LogP contribution in [0.2, 0.25) is 0 Å². The molecule has 0 radical (unpaired) electrons. The molecule has 3 rings (SSSR count). The van der Waals surface area contributed by atoms with E-state index in [-0.39, 0.29) is 90.8 Å². The maximum Gasteiger partial charge on any atom is 0.226 e. The van der Waals surface area contributed by atoms with Gasteiger partial charge in [-0.3, -0.25) is 28.8 Å². The van der Waals surface area contributed by atoms with E-state index in [1.165, 1.54) is 16.2 Å². The second-order valence-corrected chi connectivity index (χ2v) is 21.1. The predicted octanol–water partition coefficient (Wildman–Crippen LogP) is 7.47. The molecule has 0 saturated carbocycles. The maximum atomic E-state index is 14.7. The number of nitrogens with one attached hydrogen (secondary N) is 2. The molecule has 2 aromatic rings. The van der Waals surface area contributed by atoms with Crippen molar-refractivity contribution in [2.75, 3.05) is 54.6 Å². The van der Waals surface area contributed by atoms with Crippen LogP contribution < -0.4 is 10.8 Å². The van der Waals surface area contributed by atoms with Crippen molar-refractivity contribution in [1.82, 2.24) is 30.5 Å². The number of nitrogens with zero attached hydrogens (tertiary/aromatic N) is 4. The number of hydrogen-bond donors (Lipinski definition) is 3. The molecular formula is C54H88N6O10S. The first kappa shape index (κ1) is 61.2. The number of hydroxylamine groups is 1. The Hall–Kier alpha value is -4.13. The van der Waals surface area contributed by atoms with E-state index in [4.69, 9.17) is 19.4 Å². The average Bonchev–Trinajstić information content (AvgIpc) is 4.07. The number of Topliss-reactive ketones (excluding diaryl/α,β-unsaturated/α-hetero) is 2. The highest BCUT2D eigenvalue weighted by Gasteiger charge is 2.44. The van der Waals surface area contributed by atoms with E-state index in [0.29, 0.717) is 51.9 Å². The van der Waals surface area contributed by atoms with Crippen LogP contribution in [0.15, 0.2) is 41.9 Å². The third kappa shape index (κ3) is 19.0. The van der Waals surface area contributed by atoms with Gasteiger partial charge in [0.2, 0.25) is 23.6 Å². The number of hydrogen-bond acceptors (Lipinski definition) is 13. The van der Waals surface area contributed by atoms with Crippen LogP contribution in [0.1, 0.15) is 142 Å². The van der Waals surface area contributed by atoms with E-state index < -0.39 is 36.1 Å². The standard InChI is InChI=1S/C54H88N6O10S/c1-12-38(6)50(59(9)54(66)42(36(2)3)33-45(62)49(37(4)5)58(8)47(63)26-21-30-70-29-19-14-13-18-24-41(61)35-56-67)46(68-10)34-48(64)60-28-20-25-44(60)51(69-11)39(7)52(65)57-43(53-55-27-31-71-53)32-40-22-16-15-17-23-40/h15-17,22-23,27,31,36-39,42-44,46,49-51,56,67H,12-14,18-21,24-26,28-30,32-35H2,1-11H3,(H,57,65)/t38?,39-,42+,43+,44+,46-,49+,50+,51-/m1/s1. The van der Waals surface area contributed by atoms with Crippen LogP contribution in [0.3, 0.4) is 0 Å². The lowest BCUT2D eigenvalue weighted by Crippen LogP contribution is -2.54. The number of amides is 4. The molecule has 1 aromatic carbocycles. The Morgan fingerprint density at radius 1 is 0.873 bits per heavy atom. The Morgan fingerprint density at radius 3 is 2.17 bits per heavy atom. The fourth-order valence-corrected chi connectivity index (χ4v) is 10.8. The van der Waals surface area contributed by atoms with Gasteiger partial charge in [-0.15, -0.1) is 11.3 Å². The van der Waals surface area contributed by atoms with E-state index in [9.17, 15) is 28.8 Å². The van der Waals surface area contributed by atoms with E-state index in [1.54, 1.807) is 39.4 Å². The van der Waals surface area contributed by atoms with E-state index >= 15 is 0 Å². The molecule has 400 valence electrons. The number of rotatable bonds is 35. The molecule has 1 unspecified atom stereocenters. The largest absolute Gasteiger partial charge is 0.381 e. The van der Waals surface area contributed by atoms with Gasteiger partial charge in [0.1, 0.15) is 10.8 Å². The van der Waals surface area contributed by atoms with Gasteiger partial charge in [0.15, 0.2) is 5.78 Å². The zero-order valence-corrected chi connectivity index (χ0v) is 45.5. The topological polar surface area (TPSA) is 197 Å². The summed E-state index contributed by atoms with van der Waals surface area (Å²) < 4.78 is 18.0. The number of carbonyl (C=O) groups is 6. The Morgan fingerprint density at radius 2 is 1.56 bits per heavy atom. The summed E-state index contributed by atoms with van der Waals surface area (Å²) in [5, 5.41) is 14.6. The number of methoxy groups -OCH3 is 2. The average molecular weight is 1010 g/mol. The Labute approximate surface area is 428 Å². The molecule has 17 heteroatoms. The number of ether oxygens (including phenoxy) is 3. The van der Waals surface area contributed by atoms with Crippen molar-refractivity contribution in [1.29, 1.82) is 0 Å². The van der Waals surface area contributed by atoms with E-state index in [2.05, 4.69) is 10.3 Å². The summed E-state index contributed by atoms with van der Waals surface area (Å²) in [5.74, 6) is -2.61. The summed E-state index contributed by atoms with van der Waals surface area (Å²) in [6.45, 7) is 15.1. The predicted molar refractivity (Wildman–Crippen MR) is 277 cm³/mol. The van der Waals surface area contributed by atoms with Crippen molar-refractivity contribution < 1.29 is 48.2 Å². The summed E-state index contributed by atoms with van der Waals surface area (Å²) in [6, 6.07) is 8.08. The minimum atomic E-state index is -0.718. The quantitative estimate of drug-likeness (QED) is 0.0456. The van der Waals surface area contributed by atoms with Gasteiger partial charge in [-0.1, -0.05) is 98.1 Å². The molecule has 16 nitrogen and oxygen atoms in total. The number of likely N-dealkylation sites (tertiary alicyclic amines) is 1. The molecule has 1 aliphatic rings. The minimum Gasteiger partial charge on any atom is -0.381 e. The Bertz CT molecular complexity index is 1900. The highest BCUT2D eigenvalue weighted by atomic mass is 32.1. The molecule has 1 aromatic heterocycles. The molecule has 9 atom stereocenters. The fourth-order valence-electron chi connectivity index (χ4n) is 10.1. The van der Waals surface area contributed by atoms with Gasteiger partial charge < -0.3 is 39.4 Å². The van der Waals surface area contributed by atoms with Crippen molar-refractivity contribution in [2.45, 2.75) is 168 Å². The zero-order valence-electron chi connectivity index (χ0n) is 44.7. The lowest BCUT2D eigenvalue weighted by Gasteiger charge is -2.41. The fraction of sp³-hybridized carbons (Fsp3) is 0.722. The smallest absolute Gasteiger partial charge is 0.226 e. The van der Waals surface area contributed by atoms with Crippen LogP contribution in [0.25, 0.3) is 0 Å². The van der Waals surface area contributed by atoms with E-state index in [1.807, 2.05) is 94.6 Å². The molecule has 0 bridgehead atoms. The van der Waals surface area contributed by atoms with Crippen molar-refractivity contribution in [3.8, 4) is 0 Å². The van der Waals surface area contributed by atoms with Crippen LogP contribution in [0.4, 0.5) is 0 Å². The second kappa shape index (κ2) is 32.1. The third-order valence-electron chi connectivity index (χ3n) is 14.4. The SMILES string of the molecule is CCC(C)[C@@H]([C@@H](CC(=O)N1CCC[C@H]1[C@H](OC)[C@@H](C)C(=O)N[C@@H](Cc1ccccc1)c1nccs1)OC)N(C)C(=O)[C@@H](CC(=O)[C@H](C(C)C)N(C)C(=O)CCCOCCCCCCC(=O)CNO)C(C)C. The highest BCUT2D eigenvalue weighted by molar-refractivity contribution is 7.09. The number of unbranched alkanes of at least 4 members (excludes halogenated alkanes) is 3. The van der Waals surface area contributed by atoms with E-state index in [0.717, 1.165) is 42.7 Å². The van der Waals surface area contributed by atoms with Crippen LogP contribution >= 0.6 is 11.3 Å². The summed E-state index contributed by atoms with van der Waals surface area (Å²) in [4.78, 5) is 92.0. The summed E-state index contributed by atoms with van der Waals surface area (Å²) in [6.07, 6.45) is 7.76. The number of carbonyl (C=O) groups excluding carboxylic acids is 6. The van der Waals surface area contributed by atoms with Gasteiger partial charge in [0.25, 0.3) is 0 Å². The van der Waals surface area contributed by atoms with Gasteiger partial charge in [-0.05, 0) is 61.8 Å². The second-order valence-electron chi connectivity index (χ2n) is 20.2. The molecule has 4 amide bonds. The highest BCUT2D eigenvalue weighted by Crippen LogP contribution is 2.32. The monoisotopic (exact) mass is 1010 g/mol. The first-order valence-electron chi connectivity index (χ1n) is 26.0. The van der Waals surface area contributed by atoms with Crippen molar-refractivity contribution in [2.24, 2.45) is 29.6 Å². The van der Waals surface area contributed by atoms with Crippen LogP contribution in [-0.4, -0.2) is 145 Å². The van der Waals surface area contributed by atoms with Gasteiger partial charge in [-0.2, -0.15) is 5.48 Å². The summed E-state index contributed by atoms with van der Waals surface area (Å²) in [7, 11) is 6.55. The van der Waals surface area contributed by atoms with Gasteiger partial charge in [-0.25, -0.2) is 4.98 Å². The Balaban J connectivity index is 1.66. The molecule has 0 aliphatic carbocycles. The molecule has 3 N–H and O–H groups in total. The van der Waals surface area contributed by atoms with Crippen LogP contribution in [0, 0.1) is 29.6 Å². The van der Waals surface area contributed by atoms with Crippen molar-refractivity contribution >= 4 is 46.5 Å². The summed E-state index contributed by atoms with van der Waals surface area (Å²) >= 11 is 1.49. The molecule has 1 aliphatic heterocycles. The molecule has 2 heterocycles. The lowest BCUT2D eigenvalue weighted by atomic mass is 9.83. The number of ketones is 2. The van der Waals surface area contributed by atoms with Crippen molar-refractivity contribution in [3.05, 3.63) is 52.5 Å². The molecule has 1 fully saturated rings. The summed E-state index contributed by atoms with van der Waals surface area (Å²) in [5.41, 5.74) is 2.97. The first-order chi connectivity index (χ1) is 33.9. The van der Waals surface area contributed by atoms with Gasteiger partial charge in [0.05, 0.1) is 55.3 Å². The van der Waals surface area contributed by atoms with Crippen molar-refractivity contribution in [3.63, 3.8) is 0 Å². The number of benzene rings is 1. The van der Waals surface area contributed by atoms with Crippen LogP contribution in [-0.2, 0) is 49.4 Å². The Kier molecular flexibility index (Phi) is 27.7. The number of likely N-dealkylation sites (N-methyl/N-ethyl adjacent to an activating group) is 2.